The Morgan fingerprint density at radius 2 is 2.16 bits per heavy atom. The lowest BCUT2D eigenvalue weighted by atomic mass is 10.2. The Balaban J connectivity index is 2.93. The number of thioether (sulfide) groups is 1. The summed E-state index contributed by atoms with van der Waals surface area (Å²) in [5.74, 6) is 0.883. The molecule has 0 radical (unpaired) electrons. The maximum absolute atomic E-state index is 12.2. The molecule has 0 aromatic heterocycles. The lowest BCUT2D eigenvalue weighted by Gasteiger charge is -2.15. The molecule has 7 heteroatoms. The van der Waals surface area contributed by atoms with Crippen LogP contribution in [-0.2, 0) is 16.6 Å². The highest BCUT2D eigenvalue weighted by Gasteiger charge is 2.20. The molecule has 1 rings (SSSR count). The average molecular weight is 324 g/mol. The SMILES string of the molecule is CSCCC(C)NS(=O)(=O)c1cc(CO)ccc1Cl. The number of rotatable bonds is 7. The second kappa shape index (κ2) is 7.50. The second-order valence-electron chi connectivity index (χ2n) is 4.23. The van der Waals surface area contributed by atoms with E-state index in [4.69, 9.17) is 16.7 Å². The van der Waals surface area contributed by atoms with Gasteiger partial charge in [0.05, 0.1) is 11.6 Å². The Bertz CT molecular complexity index is 520. The summed E-state index contributed by atoms with van der Waals surface area (Å²) in [6.07, 6.45) is 2.72. The normalized spacial score (nSPS) is 13.5. The quantitative estimate of drug-likeness (QED) is 0.807. The van der Waals surface area contributed by atoms with E-state index in [1.165, 1.54) is 12.1 Å². The van der Waals surface area contributed by atoms with Crippen LogP contribution >= 0.6 is 23.4 Å². The van der Waals surface area contributed by atoms with Gasteiger partial charge in [-0.15, -0.1) is 0 Å². The third kappa shape index (κ3) is 4.96. The molecule has 19 heavy (non-hydrogen) atoms. The number of hydrogen-bond donors (Lipinski definition) is 2. The van der Waals surface area contributed by atoms with Crippen LogP contribution in [0.4, 0.5) is 0 Å². The number of sulfonamides is 1. The fourth-order valence-corrected chi connectivity index (χ4v) is 3.95. The van der Waals surface area contributed by atoms with Crippen LogP contribution in [0.2, 0.25) is 5.02 Å². The predicted octanol–water partition coefficient (Wildman–Crippen LogP) is 2.25. The summed E-state index contributed by atoms with van der Waals surface area (Å²) in [5.41, 5.74) is 0.515. The summed E-state index contributed by atoms with van der Waals surface area (Å²) >= 11 is 7.59. The van der Waals surface area contributed by atoms with Gasteiger partial charge in [-0.25, -0.2) is 13.1 Å². The van der Waals surface area contributed by atoms with Gasteiger partial charge in [0.2, 0.25) is 10.0 Å². The van der Waals surface area contributed by atoms with Crippen LogP contribution in [0, 0.1) is 0 Å². The van der Waals surface area contributed by atoms with E-state index in [0.717, 1.165) is 12.2 Å². The monoisotopic (exact) mass is 323 g/mol. The van der Waals surface area contributed by atoms with E-state index in [0.29, 0.717) is 5.56 Å². The van der Waals surface area contributed by atoms with Crippen LogP contribution in [0.25, 0.3) is 0 Å². The molecule has 1 unspecified atom stereocenters. The molecule has 4 nitrogen and oxygen atoms in total. The van der Waals surface area contributed by atoms with Crippen molar-refractivity contribution in [3.63, 3.8) is 0 Å². The Labute approximate surface area is 123 Å². The Morgan fingerprint density at radius 3 is 2.74 bits per heavy atom. The topological polar surface area (TPSA) is 66.4 Å². The van der Waals surface area contributed by atoms with Gasteiger partial charge in [-0.3, -0.25) is 0 Å². The molecule has 2 N–H and O–H groups in total. The van der Waals surface area contributed by atoms with Gasteiger partial charge in [-0.05, 0) is 43.0 Å². The van der Waals surface area contributed by atoms with Crippen molar-refractivity contribution in [3.8, 4) is 0 Å². The van der Waals surface area contributed by atoms with Crippen molar-refractivity contribution in [1.29, 1.82) is 0 Å². The Morgan fingerprint density at radius 1 is 1.47 bits per heavy atom. The van der Waals surface area contributed by atoms with Gasteiger partial charge in [-0.2, -0.15) is 11.8 Å². The van der Waals surface area contributed by atoms with Crippen LogP contribution in [0.1, 0.15) is 18.9 Å². The molecule has 108 valence electrons. The third-order valence-electron chi connectivity index (χ3n) is 2.58. The van der Waals surface area contributed by atoms with Gasteiger partial charge < -0.3 is 5.11 Å². The molecule has 0 fully saturated rings. The number of nitrogens with one attached hydrogen (secondary N) is 1. The second-order valence-corrected chi connectivity index (χ2v) is 7.30. The highest BCUT2D eigenvalue weighted by atomic mass is 35.5. The summed E-state index contributed by atoms with van der Waals surface area (Å²) in [6.45, 7) is 1.60. The van der Waals surface area contributed by atoms with Crippen molar-refractivity contribution in [2.24, 2.45) is 0 Å². The van der Waals surface area contributed by atoms with Crippen molar-refractivity contribution in [1.82, 2.24) is 4.72 Å². The van der Waals surface area contributed by atoms with E-state index in [2.05, 4.69) is 4.72 Å². The van der Waals surface area contributed by atoms with Crippen LogP contribution in [0.3, 0.4) is 0 Å². The standard InChI is InChI=1S/C12H18ClNO3S2/c1-9(5-6-18-2)14-19(16,17)12-7-10(8-15)3-4-11(12)13/h3-4,7,9,14-15H,5-6,8H2,1-2H3. The molecule has 0 saturated carbocycles. The van der Waals surface area contributed by atoms with Crippen LogP contribution in [-0.4, -0.2) is 31.6 Å². The first kappa shape index (κ1) is 16.8. The number of aliphatic hydroxyl groups is 1. The van der Waals surface area contributed by atoms with Crippen LogP contribution in [0.15, 0.2) is 23.1 Å². The van der Waals surface area contributed by atoms with Gasteiger partial charge >= 0.3 is 0 Å². The van der Waals surface area contributed by atoms with Gasteiger partial charge in [0, 0.05) is 6.04 Å². The maximum atomic E-state index is 12.2. The van der Waals surface area contributed by atoms with Crippen molar-refractivity contribution in [2.45, 2.75) is 30.9 Å². The van der Waals surface area contributed by atoms with E-state index in [-0.39, 0.29) is 22.6 Å². The fourth-order valence-electron chi connectivity index (χ4n) is 1.53. The molecule has 0 aliphatic carbocycles. The molecule has 0 aliphatic rings. The van der Waals surface area contributed by atoms with E-state index in [1.807, 2.05) is 13.2 Å². The number of benzene rings is 1. The minimum atomic E-state index is -3.66. The number of halogens is 1. The summed E-state index contributed by atoms with van der Waals surface area (Å²) in [6, 6.07) is 4.31. The molecular formula is C12H18ClNO3S2. The lowest BCUT2D eigenvalue weighted by Crippen LogP contribution is -2.33. The first-order chi connectivity index (χ1) is 8.90. The summed E-state index contributed by atoms with van der Waals surface area (Å²) in [5, 5.41) is 9.21. The summed E-state index contributed by atoms with van der Waals surface area (Å²) in [4.78, 5) is 0.0109. The maximum Gasteiger partial charge on any atom is 0.242 e. The molecule has 0 bridgehead atoms. The zero-order valence-electron chi connectivity index (χ0n) is 10.9. The Hall–Kier alpha value is -0.270. The van der Waals surface area contributed by atoms with Gasteiger partial charge in [-0.1, -0.05) is 17.7 Å². The molecule has 1 aromatic carbocycles. The zero-order valence-corrected chi connectivity index (χ0v) is 13.3. The third-order valence-corrected chi connectivity index (χ3v) is 5.29. The summed E-state index contributed by atoms with van der Waals surface area (Å²) in [7, 11) is -3.66. The van der Waals surface area contributed by atoms with Crippen molar-refractivity contribution < 1.29 is 13.5 Å². The summed E-state index contributed by atoms with van der Waals surface area (Å²) < 4.78 is 27.0. The average Bonchev–Trinajstić information content (AvgIpc) is 2.36. The molecule has 1 aromatic rings. The minimum Gasteiger partial charge on any atom is -0.392 e. The van der Waals surface area contributed by atoms with E-state index < -0.39 is 10.0 Å². The van der Waals surface area contributed by atoms with Crippen molar-refractivity contribution in [2.75, 3.05) is 12.0 Å². The van der Waals surface area contributed by atoms with Crippen LogP contribution in [0.5, 0.6) is 0 Å². The highest BCUT2D eigenvalue weighted by Crippen LogP contribution is 2.23. The molecule has 0 spiro atoms. The molecule has 0 saturated heterocycles. The number of aliphatic hydroxyl groups excluding tert-OH is 1. The first-order valence-electron chi connectivity index (χ1n) is 5.81. The van der Waals surface area contributed by atoms with Gasteiger partial charge in [0.25, 0.3) is 0 Å². The van der Waals surface area contributed by atoms with E-state index >= 15 is 0 Å². The molecule has 1 atom stereocenters. The number of hydrogen-bond acceptors (Lipinski definition) is 4. The van der Waals surface area contributed by atoms with Crippen LogP contribution < -0.4 is 4.72 Å². The van der Waals surface area contributed by atoms with Crippen molar-refractivity contribution >= 4 is 33.4 Å². The predicted molar refractivity (Wildman–Crippen MR) is 80.2 cm³/mol. The highest BCUT2D eigenvalue weighted by molar-refractivity contribution is 7.98. The molecule has 0 aliphatic heterocycles. The van der Waals surface area contributed by atoms with E-state index in [9.17, 15) is 8.42 Å². The Kier molecular flexibility index (Phi) is 6.62. The smallest absolute Gasteiger partial charge is 0.242 e. The largest absolute Gasteiger partial charge is 0.392 e. The van der Waals surface area contributed by atoms with Crippen molar-refractivity contribution in [3.05, 3.63) is 28.8 Å². The van der Waals surface area contributed by atoms with Gasteiger partial charge in [0.15, 0.2) is 0 Å². The lowest BCUT2D eigenvalue weighted by molar-refractivity contribution is 0.281. The first-order valence-corrected chi connectivity index (χ1v) is 9.06. The molecule has 0 amide bonds. The van der Waals surface area contributed by atoms with Gasteiger partial charge in [0.1, 0.15) is 4.90 Å². The van der Waals surface area contributed by atoms with E-state index in [1.54, 1.807) is 17.8 Å². The molecular weight excluding hydrogens is 306 g/mol. The fraction of sp³-hybridized carbons (Fsp3) is 0.500. The molecule has 0 heterocycles. The zero-order chi connectivity index (χ0) is 14.5. The minimum absolute atomic E-state index is 0.0109.